The predicted octanol–water partition coefficient (Wildman–Crippen LogP) is 1.50. The van der Waals surface area contributed by atoms with Crippen molar-refractivity contribution >= 4 is 17.3 Å². The van der Waals surface area contributed by atoms with E-state index in [1.807, 2.05) is 12.1 Å². The molecule has 0 aromatic heterocycles. The van der Waals surface area contributed by atoms with Crippen molar-refractivity contribution in [2.24, 2.45) is 0 Å². The Morgan fingerprint density at radius 2 is 2.22 bits per heavy atom. The number of nitrogens with zero attached hydrogens (tertiary/aromatic N) is 2. The molecule has 1 amide bonds. The number of hydrogen-bond acceptors (Lipinski definition) is 3. The van der Waals surface area contributed by atoms with Crippen LogP contribution in [0.1, 0.15) is 18.4 Å². The smallest absolute Gasteiger partial charge is 0.222 e. The van der Waals surface area contributed by atoms with Crippen LogP contribution in [0.15, 0.2) is 18.2 Å². The van der Waals surface area contributed by atoms with E-state index in [0.29, 0.717) is 6.42 Å². The van der Waals surface area contributed by atoms with Gasteiger partial charge in [-0.05, 0) is 25.0 Å². The van der Waals surface area contributed by atoms with E-state index in [-0.39, 0.29) is 5.91 Å². The van der Waals surface area contributed by atoms with Crippen LogP contribution >= 0.6 is 0 Å². The molecule has 4 nitrogen and oxygen atoms in total. The standard InChI is InChI=1S/C14H21N3O/c1-16(2)14(18)7-4-9-17-10-8-11-12(15)5-3-6-13(11)17/h3,5-6H,4,7-10,15H2,1-2H3. The summed E-state index contributed by atoms with van der Waals surface area (Å²) in [6.07, 6.45) is 2.52. The Morgan fingerprint density at radius 3 is 2.94 bits per heavy atom. The maximum atomic E-state index is 11.5. The van der Waals surface area contributed by atoms with Gasteiger partial charge in [-0.3, -0.25) is 4.79 Å². The Morgan fingerprint density at radius 1 is 1.44 bits per heavy atom. The zero-order valence-electron chi connectivity index (χ0n) is 11.1. The third-order valence-electron chi connectivity index (χ3n) is 3.48. The molecule has 0 saturated carbocycles. The van der Waals surface area contributed by atoms with Crippen LogP contribution in [0.4, 0.5) is 11.4 Å². The second kappa shape index (κ2) is 5.29. The summed E-state index contributed by atoms with van der Waals surface area (Å²) in [4.78, 5) is 15.5. The Kier molecular flexibility index (Phi) is 3.75. The lowest BCUT2D eigenvalue weighted by Crippen LogP contribution is -2.25. The van der Waals surface area contributed by atoms with Gasteiger partial charge in [0.2, 0.25) is 5.91 Å². The van der Waals surface area contributed by atoms with Crippen molar-refractivity contribution in [3.8, 4) is 0 Å². The van der Waals surface area contributed by atoms with Crippen molar-refractivity contribution < 1.29 is 4.79 Å². The maximum absolute atomic E-state index is 11.5. The van der Waals surface area contributed by atoms with Gasteiger partial charge in [0.05, 0.1) is 0 Å². The average Bonchev–Trinajstić information content (AvgIpc) is 2.74. The number of amides is 1. The van der Waals surface area contributed by atoms with E-state index in [9.17, 15) is 4.79 Å². The van der Waals surface area contributed by atoms with E-state index in [0.717, 1.165) is 31.6 Å². The molecule has 0 atom stereocenters. The van der Waals surface area contributed by atoms with E-state index in [2.05, 4.69) is 11.0 Å². The van der Waals surface area contributed by atoms with Crippen molar-refractivity contribution in [2.45, 2.75) is 19.3 Å². The summed E-state index contributed by atoms with van der Waals surface area (Å²) in [5.74, 6) is 0.196. The molecule has 1 aliphatic heterocycles. The van der Waals surface area contributed by atoms with E-state index in [4.69, 9.17) is 5.73 Å². The van der Waals surface area contributed by atoms with Gasteiger partial charge >= 0.3 is 0 Å². The molecule has 2 N–H and O–H groups in total. The van der Waals surface area contributed by atoms with Crippen LogP contribution in [0.3, 0.4) is 0 Å². The number of rotatable bonds is 4. The number of carbonyl (C=O) groups excluding carboxylic acids is 1. The molecule has 0 aliphatic carbocycles. The lowest BCUT2D eigenvalue weighted by molar-refractivity contribution is -0.128. The van der Waals surface area contributed by atoms with Gasteiger partial charge in [-0.15, -0.1) is 0 Å². The van der Waals surface area contributed by atoms with Crippen molar-refractivity contribution in [3.63, 3.8) is 0 Å². The molecule has 1 aliphatic rings. The summed E-state index contributed by atoms with van der Waals surface area (Å²) in [6.45, 7) is 1.94. The van der Waals surface area contributed by atoms with Crippen molar-refractivity contribution in [1.82, 2.24) is 4.90 Å². The highest BCUT2D eigenvalue weighted by Crippen LogP contribution is 2.32. The molecular weight excluding hydrogens is 226 g/mol. The molecular formula is C14H21N3O. The normalized spacial score (nSPS) is 13.6. The van der Waals surface area contributed by atoms with Gasteiger partial charge in [-0.25, -0.2) is 0 Å². The van der Waals surface area contributed by atoms with Crippen LogP contribution in [0.5, 0.6) is 0 Å². The second-order valence-electron chi connectivity index (χ2n) is 4.97. The van der Waals surface area contributed by atoms with Crippen LogP contribution < -0.4 is 10.6 Å². The van der Waals surface area contributed by atoms with Gasteiger partial charge in [0.25, 0.3) is 0 Å². The minimum atomic E-state index is 0.196. The zero-order chi connectivity index (χ0) is 13.1. The van der Waals surface area contributed by atoms with Crippen molar-refractivity contribution in [3.05, 3.63) is 23.8 Å². The Labute approximate surface area is 108 Å². The molecule has 1 aromatic carbocycles. The summed E-state index contributed by atoms with van der Waals surface area (Å²) >= 11 is 0. The summed E-state index contributed by atoms with van der Waals surface area (Å²) in [5, 5.41) is 0. The average molecular weight is 247 g/mol. The third-order valence-corrected chi connectivity index (χ3v) is 3.48. The topological polar surface area (TPSA) is 49.6 Å². The third kappa shape index (κ3) is 2.58. The lowest BCUT2D eigenvalue weighted by Gasteiger charge is -2.20. The highest BCUT2D eigenvalue weighted by molar-refractivity contribution is 5.75. The van der Waals surface area contributed by atoms with Crippen LogP contribution in [0.2, 0.25) is 0 Å². The number of benzene rings is 1. The highest BCUT2D eigenvalue weighted by Gasteiger charge is 2.20. The number of hydrogen-bond donors (Lipinski definition) is 1. The fraction of sp³-hybridized carbons (Fsp3) is 0.500. The lowest BCUT2D eigenvalue weighted by atomic mass is 10.1. The Bertz CT molecular complexity index is 443. The van der Waals surface area contributed by atoms with Crippen LogP contribution in [0.25, 0.3) is 0 Å². The van der Waals surface area contributed by atoms with Gasteiger partial charge in [-0.2, -0.15) is 0 Å². The van der Waals surface area contributed by atoms with Gasteiger partial charge in [0, 0.05) is 50.5 Å². The number of anilines is 2. The van der Waals surface area contributed by atoms with Gasteiger partial charge < -0.3 is 15.5 Å². The Hall–Kier alpha value is -1.71. The van der Waals surface area contributed by atoms with E-state index >= 15 is 0 Å². The van der Waals surface area contributed by atoms with E-state index < -0.39 is 0 Å². The molecule has 0 saturated heterocycles. The summed E-state index contributed by atoms with van der Waals surface area (Å²) in [6, 6.07) is 6.07. The number of carbonyl (C=O) groups is 1. The SMILES string of the molecule is CN(C)C(=O)CCCN1CCc2c(N)cccc21. The van der Waals surface area contributed by atoms with Crippen LogP contribution in [-0.2, 0) is 11.2 Å². The zero-order valence-corrected chi connectivity index (χ0v) is 11.1. The molecule has 2 rings (SSSR count). The first kappa shape index (κ1) is 12.7. The van der Waals surface area contributed by atoms with Crippen LogP contribution in [-0.4, -0.2) is 38.0 Å². The molecule has 1 heterocycles. The first-order valence-electron chi connectivity index (χ1n) is 6.42. The summed E-state index contributed by atoms with van der Waals surface area (Å²) in [7, 11) is 3.60. The van der Waals surface area contributed by atoms with Gasteiger partial charge in [0.15, 0.2) is 0 Å². The van der Waals surface area contributed by atoms with Crippen LogP contribution in [0, 0.1) is 0 Å². The molecule has 98 valence electrons. The number of nitrogens with two attached hydrogens (primary N) is 1. The van der Waals surface area contributed by atoms with E-state index in [1.165, 1.54) is 11.3 Å². The molecule has 0 bridgehead atoms. The fourth-order valence-corrected chi connectivity index (χ4v) is 2.40. The molecule has 0 spiro atoms. The molecule has 0 fully saturated rings. The number of fused-ring (bicyclic) bond motifs is 1. The minimum absolute atomic E-state index is 0.196. The van der Waals surface area contributed by atoms with Crippen molar-refractivity contribution in [2.75, 3.05) is 37.8 Å². The monoisotopic (exact) mass is 247 g/mol. The second-order valence-corrected chi connectivity index (χ2v) is 4.97. The maximum Gasteiger partial charge on any atom is 0.222 e. The molecule has 0 radical (unpaired) electrons. The quantitative estimate of drug-likeness (QED) is 0.820. The fourth-order valence-electron chi connectivity index (χ4n) is 2.40. The molecule has 0 unspecified atom stereocenters. The summed E-state index contributed by atoms with van der Waals surface area (Å²) in [5.41, 5.74) is 9.36. The van der Waals surface area contributed by atoms with Crippen molar-refractivity contribution in [1.29, 1.82) is 0 Å². The molecule has 18 heavy (non-hydrogen) atoms. The van der Waals surface area contributed by atoms with Gasteiger partial charge in [-0.1, -0.05) is 6.07 Å². The van der Waals surface area contributed by atoms with E-state index in [1.54, 1.807) is 19.0 Å². The largest absolute Gasteiger partial charge is 0.398 e. The first-order valence-corrected chi connectivity index (χ1v) is 6.42. The molecule has 4 heteroatoms. The first-order chi connectivity index (χ1) is 8.59. The predicted molar refractivity (Wildman–Crippen MR) is 74.7 cm³/mol. The Balaban J connectivity index is 1.91. The molecule has 1 aromatic rings. The number of nitrogen functional groups attached to an aromatic ring is 1. The highest BCUT2D eigenvalue weighted by atomic mass is 16.2. The van der Waals surface area contributed by atoms with Gasteiger partial charge in [0.1, 0.15) is 0 Å². The summed E-state index contributed by atoms with van der Waals surface area (Å²) < 4.78 is 0. The minimum Gasteiger partial charge on any atom is -0.398 e.